The lowest BCUT2D eigenvalue weighted by molar-refractivity contribution is -0.0119. The van der Waals surface area contributed by atoms with Gasteiger partial charge in [-0.1, -0.05) is 0 Å². The maximum Gasteiger partial charge on any atom is 0.235 e. The summed E-state index contributed by atoms with van der Waals surface area (Å²) in [5, 5.41) is 17.3. The van der Waals surface area contributed by atoms with Gasteiger partial charge in [-0.25, -0.2) is 0 Å². The summed E-state index contributed by atoms with van der Waals surface area (Å²) in [5.74, 6) is 4.95. The second-order valence-corrected chi connectivity index (χ2v) is 6.72. The van der Waals surface area contributed by atoms with Crippen LogP contribution in [0.25, 0.3) is 0 Å². The molecule has 0 aliphatic heterocycles. The molecule has 0 spiro atoms. The van der Waals surface area contributed by atoms with E-state index in [1.165, 1.54) is 32.1 Å². The Labute approximate surface area is 112 Å². The predicted octanol–water partition coefficient (Wildman–Crippen LogP) is 1.60. The SMILES string of the molecule is NC(CO)c1nnc(C2C3CC4CC(C3)CC2C4)o1. The van der Waals surface area contributed by atoms with Crippen molar-refractivity contribution in [1.82, 2.24) is 10.2 Å². The molecule has 4 aliphatic rings. The molecule has 3 N–H and O–H groups in total. The van der Waals surface area contributed by atoms with Crippen molar-refractivity contribution in [1.29, 1.82) is 0 Å². The van der Waals surface area contributed by atoms with E-state index in [0.29, 0.717) is 11.8 Å². The summed E-state index contributed by atoms with van der Waals surface area (Å²) in [6.45, 7) is -0.149. The average Bonchev–Trinajstić information content (AvgIpc) is 2.86. The van der Waals surface area contributed by atoms with Gasteiger partial charge in [-0.3, -0.25) is 0 Å². The van der Waals surface area contributed by atoms with Crippen LogP contribution in [0.5, 0.6) is 0 Å². The third-order valence-electron chi connectivity index (χ3n) is 5.48. The number of nitrogens with zero attached hydrogens (tertiary/aromatic N) is 2. The number of aromatic nitrogens is 2. The zero-order valence-electron chi connectivity index (χ0n) is 11.0. The maximum atomic E-state index is 9.06. The molecule has 0 radical (unpaired) electrons. The minimum atomic E-state index is -0.543. The van der Waals surface area contributed by atoms with Gasteiger partial charge >= 0.3 is 0 Å². The van der Waals surface area contributed by atoms with Crippen molar-refractivity contribution in [3.63, 3.8) is 0 Å². The molecular formula is C14H21N3O2. The molecule has 1 atom stereocenters. The minimum absolute atomic E-state index is 0.149. The van der Waals surface area contributed by atoms with E-state index in [2.05, 4.69) is 10.2 Å². The van der Waals surface area contributed by atoms with Crippen LogP contribution in [0.15, 0.2) is 4.42 Å². The minimum Gasteiger partial charge on any atom is -0.423 e. The van der Waals surface area contributed by atoms with E-state index in [9.17, 15) is 0 Å². The molecule has 5 rings (SSSR count). The van der Waals surface area contributed by atoms with E-state index in [0.717, 1.165) is 29.6 Å². The zero-order chi connectivity index (χ0) is 13.0. The lowest BCUT2D eigenvalue weighted by Crippen LogP contribution is -2.43. The van der Waals surface area contributed by atoms with E-state index in [1.54, 1.807) is 0 Å². The summed E-state index contributed by atoms with van der Waals surface area (Å²) in [6, 6.07) is -0.543. The molecule has 4 bridgehead atoms. The quantitative estimate of drug-likeness (QED) is 0.865. The van der Waals surface area contributed by atoms with Crippen LogP contribution in [0.1, 0.15) is 55.8 Å². The van der Waals surface area contributed by atoms with Gasteiger partial charge in [0.2, 0.25) is 11.8 Å². The first kappa shape index (κ1) is 11.9. The fourth-order valence-electron chi connectivity index (χ4n) is 4.94. The molecular weight excluding hydrogens is 242 g/mol. The zero-order valence-corrected chi connectivity index (χ0v) is 11.0. The average molecular weight is 263 g/mol. The topological polar surface area (TPSA) is 85.2 Å². The Morgan fingerprint density at radius 1 is 1.11 bits per heavy atom. The molecule has 0 saturated heterocycles. The number of aliphatic hydroxyl groups excluding tert-OH is 1. The Hall–Kier alpha value is -0.940. The van der Waals surface area contributed by atoms with Gasteiger partial charge in [-0.05, 0) is 55.8 Å². The van der Waals surface area contributed by atoms with Crippen LogP contribution in [0, 0.1) is 23.7 Å². The van der Waals surface area contributed by atoms with Gasteiger partial charge in [0, 0.05) is 5.92 Å². The van der Waals surface area contributed by atoms with Crippen LogP contribution >= 0.6 is 0 Å². The Bertz CT molecular complexity index is 445. The Balaban J connectivity index is 1.60. The second kappa shape index (κ2) is 4.28. The first-order valence-electron chi connectivity index (χ1n) is 7.44. The molecule has 104 valence electrons. The molecule has 0 amide bonds. The summed E-state index contributed by atoms with van der Waals surface area (Å²) in [6.07, 6.45) is 6.79. The van der Waals surface area contributed by atoms with Gasteiger partial charge in [0.15, 0.2) is 0 Å². The number of hydrogen-bond donors (Lipinski definition) is 2. The third-order valence-corrected chi connectivity index (χ3v) is 5.48. The fourth-order valence-corrected chi connectivity index (χ4v) is 4.94. The van der Waals surface area contributed by atoms with Crippen LogP contribution in [0.2, 0.25) is 0 Å². The van der Waals surface area contributed by atoms with Crippen LogP contribution in [0.4, 0.5) is 0 Å². The molecule has 1 aromatic rings. The lowest BCUT2D eigenvalue weighted by Gasteiger charge is -2.53. The molecule has 1 heterocycles. The highest BCUT2D eigenvalue weighted by atomic mass is 16.4. The van der Waals surface area contributed by atoms with Gasteiger partial charge in [0.25, 0.3) is 0 Å². The summed E-state index contributed by atoms with van der Waals surface area (Å²) in [7, 11) is 0. The highest BCUT2D eigenvalue weighted by Gasteiger charge is 2.50. The number of nitrogens with two attached hydrogens (primary N) is 1. The third kappa shape index (κ3) is 1.82. The number of rotatable bonds is 3. The van der Waals surface area contributed by atoms with Crippen LogP contribution in [0.3, 0.4) is 0 Å². The van der Waals surface area contributed by atoms with Gasteiger partial charge < -0.3 is 15.3 Å². The Kier molecular flexibility index (Phi) is 2.67. The number of aliphatic hydroxyl groups is 1. The molecule has 4 fully saturated rings. The summed E-state index contributed by atoms with van der Waals surface area (Å²) in [4.78, 5) is 0. The first-order valence-corrected chi connectivity index (χ1v) is 7.44. The fraction of sp³-hybridized carbons (Fsp3) is 0.857. The van der Waals surface area contributed by atoms with Crippen LogP contribution in [-0.4, -0.2) is 21.9 Å². The van der Waals surface area contributed by atoms with E-state index in [4.69, 9.17) is 15.3 Å². The standard InChI is InChI=1S/C14H21N3O2/c15-11(6-18)13-16-17-14(19-13)12-9-2-7-1-8(4-9)5-10(12)3-7/h7-12,18H,1-6,15H2. The molecule has 5 heteroatoms. The molecule has 19 heavy (non-hydrogen) atoms. The maximum absolute atomic E-state index is 9.06. The summed E-state index contributed by atoms with van der Waals surface area (Å²) in [5.41, 5.74) is 5.74. The second-order valence-electron chi connectivity index (χ2n) is 6.72. The monoisotopic (exact) mass is 263 g/mol. The molecule has 0 aromatic carbocycles. The van der Waals surface area contributed by atoms with Gasteiger partial charge in [-0.15, -0.1) is 10.2 Å². The summed E-state index contributed by atoms with van der Waals surface area (Å²) < 4.78 is 5.76. The smallest absolute Gasteiger partial charge is 0.235 e. The largest absolute Gasteiger partial charge is 0.423 e. The number of hydrogen-bond acceptors (Lipinski definition) is 5. The molecule has 1 aromatic heterocycles. The molecule has 1 unspecified atom stereocenters. The van der Waals surface area contributed by atoms with Crippen molar-refractivity contribution < 1.29 is 9.52 Å². The van der Waals surface area contributed by atoms with Gasteiger partial charge in [0.1, 0.15) is 6.04 Å². The highest BCUT2D eigenvalue weighted by molar-refractivity contribution is 5.09. The van der Waals surface area contributed by atoms with Gasteiger partial charge in [-0.2, -0.15) is 0 Å². The highest BCUT2D eigenvalue weighted by Crippen LogP contribution is 2.59. The Morgan fingerprint density at radius 3 is 2.32 bits per heavy atom. The van der Waals surface area contributed by atoms with Crippen molar-refractivity contribution in [2.45, 2.75) is 44.1 Å². The van der Waals surface area contributed by atoms with Crippen molar-refractivity contribution in [3.8, 4) is 0 Å². The van der Waals surface area contributed by atoms with Crippen molar-refractivity contribution >= 4 is 0 Å². The van der Waals surface area contributed by atoms with E-state index in [-0.39, 0.29) is 6.61 Å². The summed E-state index contributed by atoms with van der Waals surface area (Å²) >= 11 is 0. The first-order chi connectivity index (χ1) is 9.24. The predicted molar refractivity (Wildman–Crippen MR) is 68.1 cm³/mol. The van der Waals surface area contributed by atoms with Crippen LogP contribution in [-0.2, 0) is 0 Å². The molecule has 4 aliphatic carbocycles. The van der Waals surface area contributed by atoms with E-state index < -0.39 is 6.04 Å². The van der Waals surface area contributed by atoms with E-state index in [1.807, 2.05) is 0 Å². The molecule has 5 nitrogen and oxygen atoms in total. The Morgan fingerprint density at radius 2 is 1.74 bits per heavy atom. The van der Waals surface area contributed by atoms with E-state index >= 15 is 0 Å². The van der Waals surface area contributed by atoms with Crippen molar-refractivity contribution in [2.24, 2.45) is 29.4 Å². The lowest BCUT2D eigenvalue weighted by atomic mass is 9.52. The van der Waals surface area contributed by atoms with Gasteiger partial charge in [0.05, 0.1) is 6.61 Å². The van der Waals surface area contributed by atoms with Crippen molar-refractivity contribution in [3.05, 3.63) is 11.8 Å². The molecule has 4 saturated carbocycles. The van der Waals surface area contributed by atoms with Crippen molar-refractivity contribution in [2.75, 3.05) is 6.61 Å². The normalized spacial score (nSPS) is 41.7. The van der Waals surface area contributed by atoms with Crippen LogP contribution < -0.4 is 5.73 Å².